The molecule has 3 rings (SSSR count). The molecular formula is C17H18N4O. The Balaban J connectivity index is 2.09. The van der Waals surface area contributed by atoms with Gasteiger partial charge in [-0.05, 0) is 30.2 Å². The van der Waals surface area contributed by atoms with Gasteiger partial charge in [-0.1, -0.05) is 42.5 Å². The molecule has 5 heteroatoms. The number of benzene rings is 2. The van der Waals surface area contributed by atoms with Crippen LogP contribution in [-0.4, -0.2) is 22.1 Å². The lowest BCUT2D eigenvalue weighted by Crippen LogP contribution is -2.05. The van der Waals surface area contributed by atoms with Crippen molar-refractivity contribution in [1.29, 1.82) is 0 Å². The molecule has 0 amide bonds. The molecule has 0 saturated heterocycles. The summed E-state index contributed by atoms with van der Waals surface area (Å²) in [6.45, 7) is 2.11. The van der Waals surface area contributed by atoms with Crippen molar-refractivity contribution in [3.63, 3.8) is 0 Å². The zero-order chi connectivity index (χ0) is 15.5. The quantitative estimate of drug-likeness (QED) is 0.803. The summed E-state index contributed by atoms with van der Waals surface area (Å²) >= 11 is 0. The second-order valence-electron chi connectivity index (χ2n) is 4.95. The van der Waals surface area contributed by atoms with Gasteiger partial charge in [-0.3, -0.25) is 0 Å². The molecule has 0 radical (unpaired) electrons. The van der Waals surface area contributed by atoms with Gasteiger partial charge in [-0.2, -0.15) is 4.68 Å². The number of nitrogens with zero attached hydrogens (tertiary/aromatic N) is 3. The second-order valence-corrected chi connectivity index (χ2v) is 4.95. The summed E-state index contributed by atoms with van der Waals surface area (Å²) in [5, 5.41) is 8.47. The Morgan fingerprint density at radius 3 is 2.73 bits per heavy atom. The first-order valence-corrected chi connectivity index (χ1v) is 7.18. The van der Waals surface area contributed by atoms with Crippen LogP contribution in [0.2, 0.25) is 0 Å². The summed E-state index contributed by atoms with van der Waals surface area (Å²) in [4.78, 5) is 0. The number of nitrogens with two attached hydrogens (primary N) is 1. The average molecular weight is 294 g/mol. The molecule has 5 nitrogen and oxygen atoms in total. The molecule has 1 heterocycles. The van der Waals surface area contributed by atoms with E-state index in [0.717, 1.165) is 23.4 Å². The predicted molar refractivity (Wildman–Crippen MR) is 87.1 cm³/mol. The van der Waals surface area contributed by atoms with Crippen molar-refractivity contribution >= 4 is 5.82 Å². The van der Waals surface area contributed by atoms with Crippen molar-refractivity contribution in [3.05, 3.63) is 54.1 Å². The maximum Gasteiger partial charge on any atom is 0.155 e. The SMILES string of the molecule is CCc1ccccc1-n1nnc(-c2cccc(OC)c2)c1N. The third-order valence-electron chi connectivity index (χ3n) is 3.65. The molecule has 1 aromatic heterocycles. The van der Waals surface area contributed by atoms with E-state index in [-0.39, 0.29) is 0 Å². The van der Waals surface area contributed by atoms with Gasteiger partial charge < -0.3 is 10.5 Å². The van der Waals surface area contributed by atoms with Crippen molar-refractivity contribution in [1.82, 2.24) is 15.0 Å². The Bertz CT molecular complexity index is 795. The van der Waals surface area contributed by atoms with Gasteiger partial charge in [0.05, 0.1) is 12.8 Å². The van der Waals surface area contributed by atoms with E-state index in [9.17, 15) is 0 Å². The Morgan fingerprint density at radius 1 is 1.14 bits per heavy atom. The lowest BCUT2D eigenvalue weighted by atomic mass is 10.1. The van der Waals surface area contributed by atoms with Crippen molar-refractivity contribution in [2.75, 3.05) is 12.8 Å². The zero-order valence-electron chi connectivity index (χ0n) is 12.7. The molecular weight excluding hydrogens is 276 g/mol. The average Bonchev–Trinajstić information content (AvgIpc) is 2.96. The number of ether oxygens (including phenoxy) is 1. The zero-order valence-corrected chi connectivity index (χ0v) is 12.7. The fourth-order valence-electron chi connectivity index (χ4n) is 2.46. The van der Waals surface area contributed by atoms with Crippen LogP contribution in [0.3, 0.4) is 0 Å². The highest BCUT2D eigenvalue weighted by molar-refractivity contribution is 5.72. The molecule has 2 N–H and O–H groups in total. The third-order valence-corrected chi connectivity index (χ3v) is 3.65. The van der Waals surface area contributed by atoms with Crippen LogP contribution in [0.4, 0.5) is 5.82 Å². The van der Waals surface area contributed by atoms with Crippen LogP contribution >= 0.6 is 0 Å². The highest BCUT2D eigenvalue weighted by atomic mass is 16.5. The summed E-state index contributed by atoms with van der Waals surface area (Å²) in [5.41, 5.74) is 9.96. The standard InChI is InChI=1S/C17H18N4O/c1-3-12-7-4-5-10-15(12)21-17(18)16(19-20-21)13-8-6-9-14(11-13)22-2/h4-11H,3,18H2,1-2H3. The van der Waals surface area contributed by atoms with E-state index in [4.69, 9.17) is 10.5 Å². The van der Waals surface area contributed by atoms with Gasteiger partial charge in [0.2, 0.25) is 0 Å². The van der Waals surface area contributed by atoms with Crippen LogP contribution in [0.15, 0.2) is 48.5 Å². The largest absolute Gasteiger partial charge is 0.497 e. The summed E-state index contributed by atoms with van der Waals surface area (Å²) in [6, 6.07) is 15.7. The maximum atomic E-state index is 6.28. The molecule has 22 heavy (non-hydrogen) atoms. The van der Waals surface area contributed by atoms with E-state index in [0.29, 0.717) is 11.5 Å². The van der Waals surface area contributed by atoms with Crippen LogP contribution in [-0.2, 0) is 6.42 Å². The minimum atomic E-state index is 0.522. The Kier molecular flexibility index (Phi) is 3.78. The first-order chi connectivity index (χ1) is 10.7. The second kappa shape index (κ2) is 5.89. The topological polar surface area (TPSA) is 66.0 Å². The molecule has 3 aromatic rings. The minimum Gasteiger partial charge on any atom is -0.497 e. The van der Waals surface area contributed by atoms with Crippen LogP contribution in [0, 0.1) is 0 Å². The summed E-state index contributed by atoms with van der Waals surface area (Å²) in [7, 11) is 1.64. The first-order valence-electron chi connectivity index (χ1n) is 7.18. The first kappa shape index (κ1) is 14.1. The molecule has 112 valence electrons. The molecule has 0 fully saturated rings. The Hall–Kier alpha value is -2.82. The van der Waals surface area contributed by atoms with Crippen LogP contribution in [0.25, 0.3) is 16.9 Å². The molecule has 0 aliphatic carbocycles. The number of hydrogen-bond donors (Lipinski definition) is 1. The molecule has 0 aliphatic heterocycles. The van der Waals surface area contributed by atoms with Crippen molar-refractivity contribution in [2.45, 2.75) is 13.3 Å². The number of rotatable bonds is 4. The van der Waals surface area contributed by atoms with Crippen molar-refractivity contribution in [2.24, 2.45) is 0 Å². The Morgan fingerprint density at radius 2 is 1.95 bits per heavy atom. The maximum absolute atomic E-state index is 6.28. The molecule has 0 saturated carbocycles. The van der Waals surface area contributed by atoms with Crippen molar-refractivity contribution in [3.8, 4) is 22.7 Å². The van der Waals surface area contributed by atoms with Crippen LogP contribution < -0.4 is 10.5 Å². The van der Waals surface area contributed by atoms with E-state index in [2.05, 4.69) is 23.3 Å². The van der Waals surface area contributed by atoms with Gasteiger partial charge in [0.1, 0.15) is 11.4 Å². The lowest BCUT2D eigenvalue weighted by Gasteiger charge is -2.08. The van der Waals surface area contributed by atoms with Crippen LogP contribution in [0.1, 0.15) is 12.5 Å². The molecule has 2 aromatic carbocycles. The molecule has 0 atom stereocenters. The van der Waals surface area contributed by atoms with E-state index >= 15 is 0 Å². The number of hydrogen-bond acceptors (Lipinski definition) is 4. The van der Waals surface area contributed by atoms with E-state index in [1.54, 1.807) is 11.8 Å². The van der Waals surface area contributed by atoms with E-state index < -0.39 is 0 Å². The van der Waals surface area contributed by atoms with Gasteiger partial charge in [-0.15, -0.1) is 5.10 Å². The highest BCUT2D eigenvalue weighted by Crippen LogP contribution is 2.28. The van der Waals surface area contributed by atoms with Gasteiger partial charge in [-0.25, -0.2) is 0 Å². The number of aromatic nitrogens is 3. The molecule has 0 unspecified atom stereocenters. The smallest absolute Gasteiger partial charge is 0.155 e. The fourth-order valence-corrected chi connectivity index (χ4v) is 2.46. The number of methoxy groups -OCH3 is 1. The number of aryl methyl sites for hydroxylation is 1. The van der Waals surface area contributed by atoms with Crippen molar-refractivity contribution < 1.29 is 4.74 Å². The van der Waals surface area contributed by atoms with E-state index in [1.807, 2.05) is 42.5 Å². The van der Waals surface area contributed by atoms with Gasteiger partial charge in [0.25, 0.3) is 0 Å². The summed E-state index contributed by atoms with van der Waals surface area (Å²) in [6.07, 6.45) is 0.907. The number of para-hydroxylation sites is 1. The fraction of sp³-hybridized carbons (Fsp3) is 0.176. The van der Waals surface area contributed by atoms with Gasteiger partial charge in [0.15, 0.2) is 5.82 Å². The minimum absolute atomic E-state index is 0.522. The molecule has 0 spiro atoms. The predicted octanol–water partition coefficient (Wildman–Crippen LogP) is 3.09. The summed E-state index contributed by atoms with van der Waals surface area (Å²) < 4.78 is 6.94. The molecule has 0 aliphatic rings. The Labute approximate surface area is 129 Å². The van der Waals surface area contributed by atoms with E-state index in [1.165, 1.54) is 5.56 Å². The van der Waals surface area contributed by atoms with Gasteiger partial charge >= 0.3 is 0 Å². The molecule has 0 bridgehead atoms. The highest BCUT2D eigenvalue weighted by Gasteiger charge is 2.15. The normalized spacial score (nSPS) is 10.6. The van der Waals surface area contributed by atoms with Gasteiger partial charge in [0, 0.05) is 5.56 Å². The lowest BCUT2D eigenvalue weighted by molar-refractivity contribution is 0.415. The number of anilines is 1. The van der Waals surface area contributed by atoms with Crippen LogP contribution in [0.5, 0.6) is 5.75 Å². The third kappa shape index (κ3) is 2.41. The monoisotopic (exact) mass is 294 g/mol. The number of nitrogen functional groups attached to an aromatic ring is 1. The summed E-state index contributed by atoms with van der Waals surface area (Å²) in [5.74, 6) is 1.29.